The van der Waals surface area contributed by atoms with Gasteiger partial charge in [0.05, 0.1) is 13.7 Å². The van der Waals surface area contributed by atoms with Gasteiger partial charge in [0.2, 0.25) is 0 Å². The molecule has 1 saturated carbocycles. The van der Waals surface area contributed by atoms with E-state index in [-0.39, 0.29) is 18.2 Å². The van der Waals surface area contributed by atoms with Gasteiger partial charge >= 0.3 is 12.0 Å². The topological polar surface area (TPSA) is 111 Å². The molecular formula is C24H28N2O7. The van der Waals surface area contributed by atoms with Crippen LogP contribution in [0.3, 0.4) is 0 Å². The van der Waals surface area contributed by atoms with Crippen LogP contribution in [0.5, 0.6) is 11.5 Å². The van der Waals surface area contributed by atoms with E-state index in [1.54, 1.807) is 25.1 Å². The average molecular weight is 456 g/mol. The molecule has 4 amide bonds. The lowest BCUT2D eigenvalue weighted by molar-refractivity contribution is -0.143. The van der Waals surface area contributed by atoms with E-state index in [4.69, 9.17) is 9.47 Å². The molecule has 1 aromatic rings. The van der Waals surface area contributed by atoms with Gasteiger partial charge in [-0.2, -0.15) is 0 Å². The Labute approximate surface area is 192 Å². The van der Waals surface area contributed by atoms with E-state index < -0.39 is 23.8 Å². The zero-order valence-electron chi connectivity index (χ0n) is 18.8. The number of nitrogens with one attached hydrogen (secondary N) is 1. The summed E-state index contributed by atoms with van der Waals surface area (Å²) in [5.41, 5.74) is 1.04. The van der Waals surface area contributed by atoms with Crippen molar-refractivity contribution in [2.24, 2.45) is 0 Å². The van der Waals surface area contributed by atoms with E-state index in [1.807, 2.05) is 0 Å². The molecular weight excluding hydrogens is 428 g/mol. The fourth-order valence-corrected chi connectivity index (χ4v) is 4.02. The molecule has 0 aromatic heterocycles. The maximum absolute atomic E-state index is 13.1. The van der Waals surface area contributed by atoms with Crippen molar-refractivity contribution in [3.63, 3.8) is 0 Å². The van der Waals surface area contributed by atoms with Crippen molar-refractivity contribution in [3.8, 4) is 11.5 Å². The Hall–Kier alpha value is -3.62. The molecule has 0 unspecified atom stereocenters. The highest BCUT2D eigenvalue weighted by Crippen LogP contribution is 2.35. The highest BCUT2D eigenvalue weighted by Gasteiger charge is 2.40. The van der Waals surface area contributed by atoms with Gasteiger partial charge in [0.15, 0.2) is 18.1 Å². The Kier molecular flexibility index (Phi) is 7.87. The third-order valence-corrected chi connectivity index (χ3v) is 5.51. The Morgan fingerprint density at radius 2 is 1.94 bits per heavy atom. The van der Waals surface area contributed by atoms with Crippen LogP contribution in [0.4, 0.5) is 4.79 Å². The third-order valence-electron chi connectivity index (χ3n) is 5.51. The minimum atomic E-state index is -0.742. The lowest BCUT2D eigenvalue weighted by Crippen LogP contribution is -2.57. The van der Waals surface area contributed by atoms with E-state index in [0.29, 0.717) is 35.7 Å². The van der Waals surface area contributed by atoms with Gasteiger partial charge in [0, 0.05) is 11.6 Å². The van der Waals surface area contributed by atoms with E-state index >= 15 is 0 Å². The van der Waals surface area contributed by atoms with Gasteiger partial charge in [-0.05, 0) is 50.0 Å². The maximum Gasteiger partial charge on any atom is 0.343 e. The number of carbonyl (C=O) groups is 4. The molecule has 2 fully saturated rings. The predicted molar refractivity (Wildman–Crippen MR) is 120 cm³/mol. The molecule has 3 rings (SSSR count). The number of hydrogen-bond donors (Lipinski definition) is 1. The monoisotopic (exact) mass is 456 g/mol. The number of urea groups is 1. The number of imide groups is 2. The van der Waals surface area contributed by atoms with Crippen LogP contribution in [0.1, 0.15) is 43.7 Å². The van der Waals surface area contributed by atoms with Crippen LogP contribution in [-0.2, 0) is 25.5 Å². The summed E-state index contributed by atoms with van der Waals surface area (Å²) in [6.07, 6.45) is 6.81. The molecule has 1 N–H and O–H groups in total. The van der Waals surface area contributed by atoms with E-state index in [0.717, 1.165) is 30.6 Å². The standard InChI is InChI=1S/C24H28N2O7/c1-4-8-16-11-15(13-19(32-5-2)21(16)33-14-20(27)31-3)12-18-22(28)25-24(30)26(23(18)29)17-9-6-7-10-17/h4,11-13,17H,1,5-10,14H2,2-3H3,(H,25,28,30)/b18-12+. The summed E-state index contributed by atoms with van der Waals surface area (Å²) in [5, 5.41) is 2.27. The number of benzene rings is 1. The highest BCUT2D eigenvalue weighted by atomic mass is 16.6. The molecule has 33 heavy (non-hydrogen) atoms. The van der Waals surface area contributed by atoms with E-state index in [9.17, 15) is 19.2 Å². The van der Waals surface area contributed by atoms with Gasteiger partial charge < -0.3 is 14.2 Å². The van der Waals surface area contributed by atoms with Crippen molar-refractivity contribution >= 4 is 29.9 Å². The summed E-state index contributed by atoms with van der Waals surface area (Å²) < 4.78 is 16.0. The number of carbonyl (C=O) groups excluding carboxylic acids is 4. The highest BCUT2D eigenvalue weighted by molar-refractivity contribution is 6.31. The summed E-state index contributed by atoms with van der Waals surface area (Å²) in [6.45, 7) is 5.57. The summed E-state index contributed by atoms with van der Waals surface area (Å²) in [4.78, 5) is 50.6. The Morgan fingerprint density at radius 1 is 1.21 bits per heavy atom. The van der Waals surface area contributed by atoms with Gasteiger partial charge in [-0.3, -0.25) is 19.8 Å². The average Bonchev–Trinajstić information content (AvgIpc) is 3.30. The molecule has 0 spiro atoms. The summed E-state index contributed by atoms with van der Waals surface area (Å²) in [5.74, 6) is -1.20. The maximum atomic E-state index is 13.1. The second-order valence-corrected chi connectivity index (χ2v) is 7.73. The first kappa shape index (κ1) is 24.0. The molecule has 1 aliphatic carbocycles. The van der Waals surface area contributed by atoms with Crippen LogP contribution in [0.25, 0.3) is 6.08 Å². The molecule has 9 heteroatoms. The van der Waals surface area contributed by atoms with Crippen molar-refractivity contribution in [3.05, 3.63) is 41.5 Å². The summed E-state index contributed by atoms with van der Waals surface area (Å²) >= 11 is 0. The number of rotatable bonds is 9. The van der Waals surface area contributed by atoms with Crippen LogP contribution in [0.2, 0.25) is 0 Å². The van der Waals surface area contributed by atoms with Crippen molar-refractivity contribution in [2.45, 2.75) is 45.1 Å². The SMILES string of the molecule is C=CCc1cc(/C=C2\C(=O)NC(=O)N(C3CCCC3)C2=O)cc(OCC)c1OCC(=O)OC. The third kappa shape index (κ3) is 5.42. The predicted octanol–water partition coefficient (Wildman–Crippen LogP) is 2.77. The Balaban J connectivity index is 2.00. The van der Waals surface area contributed by atoms with Crippen LogP contribution in [-0.4, -0.2) is 55.1 Å². The molecule has 9 nitrogen and oxygen atoms in total. The fraction of sp³-hybridized carbons (Fsp3) is 0.417. The number of ether oxygens (including phenoxy) is 3. The first-order valence-electron chi connectivity index (χ1n) is 10.9. The van der Waals surface area contributed by atoms with Crippen molar-refractivity contribution in [2.75, 3.05) is 20.3 Å². The molecule has 176 valence electrons. The summed E-state index contributed by atoms with van der Waals surface area (Å²) in [6, 6.07) is 2.45. The lowest BCUT2D eigenvalue weighted by Gasteiger charge is -2.31. The number of allylic oxidation sites excluding steroid dienone is 1. The Bertz CT molecular complexity index is 993. The van der Waals surface area contributed by atoms with Crippen LogP contribution < -0.4 is 14.8 Å². The van der Waals surface area contributed by atoms with Gasteiger partial charge in [-0.25, -0.2) is 9.59 Å². The van der Waals surface area contributed by atoms with Crippen molar-refractivity contribution in [1.82, 2.24) is 10.2 Å². The first-order valence-corrected chi connectivity index (χ1v) is 10.9. The van der Waals surface area contributed by atoms with Crippen molar-refractivity contribution in [1.29, 1.82) is 0 Å². The van der Waals surface area contributed by atoms with Gasteiger partial charge in [0.25, 0.3) is 11.8 Å². The molecule has 0 bridgehead atoms. The molecule has 1 saturated heterocycles. The minimum Gasteiger partial charge on any atom is -0.490 e. The van der Waals surface area contributed by atoms with Crippen LogP contribution in [0, 0.1) is 0 Å². The van der Waals surface area contributed by atoms with Gasteiger partial charge in [-0.15, -0.1) is 6.58 Å². The van der Waals surface area contributed by atoms with E-state index in [2.05, 4.69) is 16.6 Å². The number of barbiturate groups is 1. The largest absolute Gasteiger partial charge is 0.490 e. The Morgan fingerprint density at radius 3 is 2.58 bits per heavy atom. The molecule has 1 heterocycles. The van der Waals surface area contributed by atoms with E-state index in [1.165, 1.54) is 13.2 Å². The van der Waals surface area contributed by atoms with Crippen molar-refractivity contribution < 1.29 is 33.4 Å². The van der Waals surface area contributed by atoms with Gasteiger partial charge in [-0.1, -0.05) is 18.9 Å². The molecule has 1 aliphatic heterocycles. The van der Waals surface area contributed by atoms with Crippen LogP contribution in [0.15, 0.2) is 30.4 Å². The number of amides is 4. The summed E-state index contributed by atoms with van der Waals surface area (Å²) in [7, 11) is 1.26. The smallest absolute Gasteiger partial charge is 0.343 e. The number of nitrogens with zero attached hydrogens (tertiary/aromatic N) is 1. The molecule has 0 radical (unpaired) electrons. The van der Waals surface area contributed by atoms with Gasteiger partial charge in [0.1, 0.15) is 5.57 Å². The van der Waals surface area contributed by atoms with Crippen LogP contribution >= 0.6 is 0 Å². The molecule has 2 aliphatic rings. The second kappa shape index (κ2) is 10.8. The first-order chi connectivity index (χ1) is 15.9. The minimum absolute atomic E-state index is 0.128. The molecule has 0 atom stereocenters. The number of esters is 1. The number of hydrogen-bond acceptors (Lipinski definition) is 7. The fourth-order valence-electron chi connectivity index (χ4n) is 4.02. The lowest BCUT2D eigenvalue weighted by atomic mass is 10.0. The molecule has 1 aromatic carbocycles. The zero-order chi connectivity index (χ0) is 24.0. The quantitative estimate of drug-likeness (QED) is 0.263. The zero-order valence-corrected chi connectivity index (χ0v) is 18.8. The second-order valence-electron chi connectivity index (χ2n) is 7.73. The normalized spacial score (nSPS) is 17.8. The number of methoxy groups -OCH3 is 1.